The second-order valence-corrected chi connectivity index (χ2v) is 4.19. The first-order valence-corrected chi connectivity index (χ1v) is 6.12. The van der Waals surface area contributed by atoms with E-state index < -0.39 is 5.97 Å². The molecular weight excluding hydrogens is 276 g/mol. The van der Waals surface area contributed by atoms with Crippen LogP contribution in [0.4, 0.5) is 0 Å². The molecule has 0 atom stereocenters. The van der Waals surface area contributed by atoms with Crippen molar-refractivity contribution < 1.29 is 28.8 Å². The number of benzene rings is 2. The van der Waals surface area contributed by atoms with Crippen LogP contribution in [0.3, 0.4) is 0 Å². The number of hydrogen-bond donors (Lipinski definition) is 1. The van der Waals surface area contributed by atoms with Gasteiger partial charge in [-0.05, 0) is 18.2 Å². The van der Waals surface area contributed by atoms with Gasteiger partial charge in [0.15, 0.2) is 11.5 Å². The van der Waals surface area contributed by atoms with Gasteiger partial charge in [0.25, 0.3) is 0 Å². The van der Waals surface area contributed by atoms with E-state index in [0.29, 0.717) is 28.0 Å². The molecule has 0 aromatic heterocycles. The number of hydrogen-bond acceptors (Lipinski definition) is 6. The molecule has 2 aromatic rings. The van der Waals surface area contributed by atoms with Crippen LogP contribution in [0.5, 0.6) is 23.0 Å². The number of rotatable bonds is 4. The molecule has 0 unspecified atom stereocenters. The predicted octanol–water partition coefficient (Wildman–Crippen LogP) is 2.36. The Morgan fingerprint density at radius 1 is 1.00 bits per heavy atom. The Morgan fingerprint density at radius 2 is 1.67 bits per heavy atom. The van der Waals surface area contributed by atoms with Crippen molar-refractivity contribution in [1.29, 1.82) is 0 Å². The summed E-state index contributed by atoms with van der Waals surface area (Å²) in [5.74, 6) is 0.480. The molecule has 0 amide bonds. The molecule has 0 heterocycles. The Balaban J connectivity index is 2.98. The highest BCUT2D eigenvalue weighted by atomic mass is 16.5. The molecule has 0 aliphatic heterocycles. The van der Waals surface area contributed by atoms with Crippen molar-refractivity contribution in [1.82, 2.24) is 0 Å². The lowest BCUT2D eigenvalue weighted by Gasteiger charge is -2.17. The second kappa shape index (κ2) is 5.78. The van der Waals surface area contributed by atoms with E-state index in [1.165, 1.54) is 40.6 Å². The molecule has 2 rings (SSSR count). The van der Waals surface area contributed by atoms with Crippen LogP contribution >= 0.6 is 0 Å². The zero-order chi connectivity index (χ0) is 15.6. The molecular formula is C15H16O6. The molecule has 0 saturated carbocycles. The lowest BCUT2D eigenvalue weighted by molar-refractivity contribution is 0.0603. The minimum Gasteiger partial charge on any atom is -0.507 e. The van der Waals surface area contributed by atoms with Gasteiger partial charge in [0.2, 0.25) is 5.75 Å². The number of phenols is 1. The Hall–Kier alpha value is -2.63. The average Bonchev–Trinajstić information content (AvgIpc) is 2.52. The summed E-state index contributed by atoms with van der Waals surface area (Å²) in [5, 5.41) is 10.9. The molecule has 0 fully saturated rings. The standard InChI is InChI=1S/C15H16O6/c1-18-11-7-9-10(16)6-5-8(15(17)21-4)12(9)14(20-3)13(11)19-2/h5-7,16H,1-4H3. The van der Waals surface area contributed by atoms with Gasteiger partial charge in [-0.1, -0.05) is 0 Å². The summed E-state index contributed by atoms with van der Waals surface area (Å²) in [6.07, 6.45) is 0. The summed E-state index contributed by atoms with van der Waals surface area (Å²) in [6.45, 7) is 0. The fraction of sp³-hybridized carbons (Fsp3) is 0.267. The third-order valence-corrected chi connectivity index (χ3v) is 3.19. The third kappa shape index (κ3) is 2.29. The Morgan fingerprint density at radius 3 is 2.19 bits per heavy atom. The van der Waals surface area contributed by atoms with Crippen LogP contribution in [-0.2, 0) is 4.74 Å². The van der Waals surface area contributed by atoms with Gasteiger partial charge in [0.05, 0.1) is 34.0 Å². The number of esters is 1. The number of carbonyl (C=O) groups is 1. The highest BCUT2D eigenvalue weighted by Crippen LogP contribution is 2.46. The van der Waals surface area contributed by atoms with E-state index in [9.17, 15) is 9.90 Å². The lowest BCUT2D eigenvalue weighted by atomic mass is 10.0. The molecule has 6 heteroatoms. The highest BCUT2D eigenvalue weighted by molar-refractivity contribution is 6.10. The van der Waals surface area contributed by atoms with E-state index in [0.717, 1.165) is 0 Å². The summed E-state index contributed by atoms with van der Waals surface area (Å²) >= 11 is 0. The van der Waals surface area contributed by atoms with Gasteiger partial charge >= 0.3 is 5.97 Å². The van der Waals surface area contributed by atoms with Gasteiger partial charge in [0, 0.05) is 10.8 Å². The van der Waals surface area contributed by atoms with Crippen molar-refractivity contribution >= 4 is 16.7 Å². The highest BCUT2D eigenvalue weighted by Gasteiger charge is 2.23. The lowest BCUT2D eigenvalue weighted by Crippen LogP contribution is -2.04. The largest absolute Gasteiger partial charge is 0.507 e. The first kappa shape index (κ1) is 14.8. The van der Waals surface area contributed by atoms with Crippen LogP contribution in [0.2, 0.25) is 0 Å². The number of methoxy groups -OCH3 is 4. The van der Waals surface area contributed by atoms with Gasteiger partial charge in [-0.25, -0.2) is 4.79 Å². The summed E-state index contributed by atoms with van der Waals surface area (Å²) in [6, 6.07) is 4.47. The maximum atomic E-state index is 11.9. The minimum absolute atomic E-state index is 0.00286. The molecule has 0 saturated heterocycles. The molecule has 6 nitrogen and oxygen atoms in total. The summed E-state index contributed by atoms with van der Waals surface area (Å²) < 4.78 is 20.7. The van der Waals surface area contributed by atoms with Crippen LogP contribution in [0.15, 0.2) is 18.2 Å². The summed E-state index contributed by atoms with van der Waals surface area (Å²) in [4.78, 5) is 11.9. The fourth-order valence-corrected chi connectivity index (χ4v) is 2.24. The van der Waals surface area contributed by atoms with Gasteiger partial charge < -0.3 is 24.1 Å². The van der Waals surface area contributed by atoms with Crippen molar-refractivity contribution in [3.8, 4) is 23.0 Å². The van der Waals surface area contributed by atoms with Crippen molar-refractivity contribution in [2.45, 2.75) is 0 Å². The molecule has 0 spiro atoms. The van der Waals surface area contributed by atoms with Crippen molar-refractivity contribution in [2.75, 3.05) is 28.4 Å². The Bertz CT molecular complexity index is 692. The topological polar surface area (TPSA) is 74.2 Å². The normalized spacial score (nSPS) is 10.3. The minimum atomic E-state index is -0.537. The molecule has 1 N–H and O–H groups in total. The molecule has 0 bridgehead atoms. The van der Waals surface area contributed by atoms with E-state index >= 15 is 0 Å². The molecule has 21 heavy (non-hydrogen) atoms. The molecule has 0 radical (unpaired) electrons. The smallest absolute Gasteiger partial charge is 0.338 e. The van der Waals surface area contributed by atoms with Gasteiger partial charge in [-0.3, -0.25) is 0 Å². The average molecular weight is 292 g/mol. The van der Waals surface area contributed by atoms with Crippen LogP contribution in [0.1, 0.15) is 10.4 Å². The first-order chi connectivity index (χ1) is 10.1. The number of phenolic OH excluding ortho intramolecular Hbond substituents is 1. The van der Waals surface area contributed by atoms with Crippen molar-refractivity contribution in [3.05, 3.63) is 23.8 Å². The van der Waals surface area contributed by atoms with Gasteiger partial charge in [0.1, 0.15) is 5.75 Å². The maximum Gasteiger partial charge on any atom is 0.338 e. The van der Waals surface area contributed by atoms with Crippen LogP contribution in [-0.4, -0.2) is 39.5 Å². The first-order valence-electron chi connectivity index (χ1n) is 6.12. The fourth-order valence-electron chi connectivity index (χ4n) is 2.24. The Kier molecular flexibility index (Phi) is 4.07. The predicted molar refractivity (Wildman–Crippen MR) is 76.6 cm³/mol. The molecule has 112 valence electrons. The molecule has 2 aromatic carbocycles. The zero-order valence-electron chi connectivity index (χ0n) is 12.2. The zero-order valence-corrected chi connectivity index (χ0v) is 12.2. The number of fused-ring (bicyclic) bond motifs is 1. The molecule has 0 aliphatic rings. The Labute approximate surface area is 121 Å². The number of aromatic hydroxyl groups is 1. The summed E-state index contributed by atoms with van der Waals surface area (Å²) in [5.41, 5.74) is 0.267. The second-order valence-electron chi connectivity index (χ2n) is 4.19. The van der Waals surface area contributed by atoms with E-state index in [1.807, 2.05) is 0 Å². The van der Waals surface area contributed by atoms with Crippen molar-refractivity contribution in [2.24, 2.45) is 0 Å². The van der Waals surface area contributed by atoms with E-state index in [4.69, 9.17) is 18.9 Å². The van der Waals surface area contributed by atoms with E-state index in [1.54, 1.807) is 6.07 Å². The van der Waals surface area contributed by atoms with Gasteiger partial charge in [-0.15, -0.1) is 0 Å². The van der Waals surface area contributed by atoms with Crippen LogP contribution in [0, 0.1) is 0 Å². The monoisotopic (exact) mass is 292 g/mol. The quantitative estimate of drug-likeness (QED) is 0.872. The van der Waals surface area contributed by atoms with Gasteiger partial charge in [-0.2, -0.15) is 0 Å². The SMILES string of the molecule is COC(=O)c1ccc(O)c2cc(OC)c(OC)c(OC)c12. The van der Waals surface area contributed by atoms with E-state index in [2.05, 4.69) is 0 Å². The number of ether oxygens (including phenoxy) is 4. The molecule has 0 aliphatic carbocycles. The van der Waals surface area contributed by atoms with Crippen LogP contribution in [0.25, 0.3) is 10.8 Å². The van der Waals surface area contributed by atoms with Crippen molar-refractivity contribution in [3.63, 3.8) is 0 Å². The van der Waals surface area contributed by atoms with Crippen LogP contribution < -0.4 is 14.2 Å². The number of carbonyl (C=O) groups excluding carboxylic acids is 1. The third-order valence-electron chi connectivity index (χ3n) is 3.19. The maximum absolute atomic E-state index is 11.9. The summed E-state index contributed by atoms with van der Waals surface area (Å²) in [7, 11) is 5.67. The van der Waals surface area contributed by atoms with E-state index in [-0.39, 0.29) is 11.3 Å².